The van der Waals surface area contributed by atoms with E-state index in [4.69, 9.17) is 0 Å². The Labute approximate surface area is 118 Å². The first kappa shape index (κ1) is 14.3. The zero-order valence-electron chi connectivity index (χ0n) is 11.5. The van der Waals surface area contributed by atoms with Gasteiger partial charge < -0.3 is 10.4 Å². The second kappa shape index (κ2) is 6.33. The number of benzene rings is 1. The third-order valence-corrected chi connectivity index (χ3v) is 4.62. The number of carbonyl (C=O) groups is 1. The van der Waals surface area contributed by atoms with Crippen LogP contribution in [-0.4, -0.2) is 23.9 Å². The van der Waals surface area contributed by atoms with Gasteiger partial charge in [-0.3, -0.25) is 0 Å². The van der Waals surface area contributed by atoms with Crippen LogP contribution in [0.4, 0.5) is 5.69 Å². The maximum atomic E-state index is 11.4. The molecule has 1 aliphatic rings. The van der Waals surface area contributed by atoms with Crippen LogP contribution < -0.4 is 5.32 Å². The van der Waals surface area contributed by atoms with E-state index in [2.05, 4.69) is 12.2 Å². The summed E-state index contributed by atoms with van der Waals surface area (Å²) < 4.78 is 0. The van der Waals surface area contributed by atoms with Crippen LogP contribution in [0.5, 0.6) is 0 Å². The molecule has 2 rings (SSSR count). The van der Waals surface area contributed by atoms with Gasteiger partial charge in [-0.1, -0.05) is 19.4 Å². The van der Waals surface area contributed by atoms with Gasteiger partial charge in [0.2, 0.25) is 0 Å². The minimum Gasteiger partial charge on any atom is -0.478 e. The summed E-state index contributed by atoms with van der Waals surface area (Å²) in [6, 6.07) is 5.64. The maximum Gasteiger partial charge on any atom is 0.338 e. The molecule has 0 aromatic heterocycles. The molecule has 2 N–H and O–H groups in total. The molecular weight excluding hydrogens is 258 g/mol. The second-order valence-corrected chi connectivity index (χ2v) is 6.20. The monoisotopic (exact) mass is 279 g/mol. The number of anilines is 1. The van der Waals surface area contributed by atoms with Gasteiger partial charge in [0.1, 0.15) is 0 Å². The molecule has 0 amide bonds. The molecule has 0 spiro atoms. The van der Waals surface area contributed by atoms with Crippen molar-refractivity contribution in [2.24, 2.45) is 11.8 Å². The van der Waals surface area contributed by atoms with Crippen LogP contribution in [0, 0.1) is 11.8 Å². The van der Waals surface area contributed by atoms with Gasteiger partial charge in [-0.2, -0.15) is 0 Å². The predicted octanol–water partition coefficient (Wildman–Crippen LogP) is 3.95. The molecule has 1 fully saturated rings. The zero-order valence-corrected chi connectivity index (χ0v) is 12.3. The number of nitrogens with one attached hydrogen (secondary N) is 1. The summed E-state index contributed by atoms with van der Waals surface area (Å²) in [5, 5.41) is 12.7. The number of hydrogen-bond donors (Lipinski definition) is 2. The summed E-state index contributed by atoms with van der Waals surface area (Å²) in [4.78, 5) is 12.2. The summed E-state index contributed by atoms with van der Waals surface area (Å²) >= 11 is 1.48. The predicted molar refractivity (Wildman–Crippen MR) is 80.2 cm³/mol. The fourth-order valence-corrected chi connectivity index (χ4v) is 3.45. The molecule has 3 nitrogen and oxygen atoms in total. The average molecular weight is 279 g/mol. The summed E-state index contributed by atoms with van der Waals surface area (Å²) in [6.07, 6.45) is 5.70. The minimum atomic E-state index is -0.854. The molecule has 0 heterocycles. The SMILES string of the molecule is CSc1cccc(NCC2CCC(C)C2)c1C(=O)O. The summed E-state index contributed by atoms with van der Waals surface area (Å²) in [7, 11) is 0. The Kier molecular flexibility index (Phi) is 4.75. The minimum absolute atomic E-state index is 0.404. The Balaban J connectivity index is 2.09. The van der Waals surface area contributed by atoms with Crippen molar-refractivity contribution in [2.45, 2.75) is 31.1 Å². The van der Waals surface area contributed by atoms with Gasteiger partial charge in [0.25, 0.3) is 0 Å². The Morgan fingerprint density at radius 3 is 2.84 bits per heavy atom. The molecule has 1 aromatic rings. The molecule has 0 saturated heterocycles. The van der Waals surface area contributed by atoms with Crippen LogP contribution >= 0.6 is 11.8 Å². The van der Waals surface area contributed by atoms with Gasteiger partial charge in [0.05, 0.1) is 5.56 Å². The largest absolute Gasteiger partial charge is 0.478 e. The van der Waals surface area contributed by atoms with Crippen molar-refractivity contribution in [1.29, 1.82) is 0 Å². The van der Waals surface area contributed by atoms with Crippen molar-refractivity contribution in [3.05, 3.63) is 23.8 Å². The summed E-state index contributed by atoms with van der Waals surface area (Å²) in [5.74, 6) is 0.630. The highest BCUT2D eigenvalue weighted by Crippen LogP contribution is 2.32. The van der Waals surface area contributed by atoms with Crippen molar-refractivity contribution in [3.63, 3.8) is 0 Å². The first-order valence-corrected chi connectivity index (χ1v) is 7.98. The first-order chi connectivity index (χ1) is 9.11. The van der Waals surface area contributed by atoms with Gasteiger partial charge in [-0.15, -0.1) is 11.8 Å². The maximum absolute atomic E-state index is 11.4. The molecule has 2 atom stereocenters. The van der Waals surface area contributed by atoms with E-state index in [1.807, 2.05) is 24.5 Å². The van der Waals surface area contributed by atoms with Crippen molar-refractivity contribution in [1.82, 2.24) is 0 Å². The summed E-state index contributed by atoms with van der Waals surface area (Å²) in [6.45, 7) is 3.17. The molecule has 1 aromatic carbocycles. The Bertz CT molecular complexity index is 461. The van der Waals surface area contributed by atoms with Gasteiger partial charge >= 0.3 is 5.97 Å². The lowest BCUT2D eigenvalue weighted by atomic mass is 10.1. The highest BCUT2D eigenvalue weighted by molar-refractivity contribution is 7.98. The molecule has 1 saturated carbocycles. The van der Waals surface area contributed by atoms with Crippen molar-refractivity contribution >= 4 is 23.4 Å². The molecule has 1 aliphatic carbocycles. The van der Waals surface area contributed by atoms with Gasteiger partial charge in [-0.05, 0) is 43.1 Å². The van der Waals surface area contributed by atoms with E-state index in [0.717, 1.165) is 23.0 Å². The number of thioether (sulfide) groups is 1. The Morgan fingerprint density at radius 2 is 2.26 bits per heavy atom. The van der Waals surface area contributed by atoms with E-state index < -0.39 is 5.97 Å². The lowest BCUT2D eigenvalue weighted by molar-refractivity contribution is 0.0694. The highest BCUT2D eigenvalue weighted by Gasteiger charge is 2.22. The van der Waals surface area contributed by atoms with Crippen LogP contribution in [0.15, 0.2) is 23.1 Å². The third-order valence-electron chi connectivity index (χ3n) is 3.84. The Morgan fingerprint density at radius 1 is 1.47 bits per heavy atom. The smallest absolute Gasteiger partial charge is 0.338 e. The Hall–Kier alpha value is -1.16. The number of aromatic carboxylic acids is 1. The quantitative estimate of drug-likeness (QED) is 0.801. The standard InChI is InChI=1S/C15H21NO2S/c1-10-6-7-11(8-10)9-16-12-4-3-5-13(19-2)14(12)15(17)18/h3-5,10-11,16H,6-9H2,1-2H3,(H,17,18). The molecule has 0 radical (unpaired) electrons. The van der Waals surface area contributed by atoms with E-state index in [9.17, 15) is 9.90 Å². The van der Waals surface area contributed by atoms with Crippen LogP contribution in [0.25, 0.3) is 0 Å². The van der Waals surface area contributed by atoms with Gasteiger partial charge in [0, 0.05) is 17.1 Å². The lowest BCUT2D eigenvalue weighted by Crippen LogP contribution is -2.14. The molecular formula is C15H21NO2S. The number of hydrogen-bond acceptors (Lipinski definition) is 3. The van der Waals surface area contributed by atoms with Crippen molar-refractivity contribution in [2.75, 3.05) is 18.1 Å². The van der Waals surface area contributed by atoms with E-state index in [1.54, 1.807) is 0 Å². The fraction of sp³-hybridized carbons (Fsp3) is 0.533. The van der Waals surface area contributed by atoms with E-state index >= 15 is 0 Å². The lowest BCUT2D eigenvalue weighted by Gasteiger charge is -2.15. The average Bonchev–Trinajstić information content (AvgIpc) is 2.81. The molecule has 104 valence electrons. The zero-order chi connectivity index (χ0) is 13.8. The molecule has 19 heavy (non-hydrogen) atoms. The first-order valence-electron chi connectivity index (χ1n) is 6.76. The van der Waals surface area contributed by atoms with Crippen LogP contribution in [0.3, 0.4) is 0 Å². The fourth-order valence-electron chi connectivity index (χ4n) is 2.83. The highest BCUT2D eigenvalue weighted by atomic mass is 32.2. The summed E-state index contributed by atoms with van der Waals surface area (Å²) in [5.41, 5.74) is 1.15. The molecule has 0 bridgehead atoms. The number of rotatable bonds is 5. The molecule has 0 aliphatic heterocycles. The molecule has 2 unspecified atom stereocenters. The van der Waals surface area contributed by atoms with Crippen LogP contribution in [0.2, 0.25) is 0 Å². The molecule has 4 heteroatoms. The van der Waals surface area contributed by atoms with Gasteiger partial charge in [0.15, 0.2) is 0 Å². The number of carboxylic acid groups (broad SMARTS) is 1. The van der Waals surface area contributed by atoms with Gasteiger partial charge in [-0.25, -0.2) is 4.79 Å². The van der Waals surface area contributed by atoms with Crippen LogP contribution in [0.1, 0.15) is 36.5 Å². The topological polar surface area (TPSA) is 49.3 Å². The second-order valence-electron chi connectivity index (χ2n) is 5.35. The van der Waals surface area contributed by atoms with Crippen molar-refractivity contribution in [3.8, 4) is 0 Å². The van der Waals surface area contributed by atoms with E-state index in [0.29, 0.717) is 11.5 Å². The number of carboxylic acids is 1. The van der Waals surface area contributed by atoms with Crippen LogP contribution in [-0.2, 0) is 0 Å². The van der Waals surface area contributed by atoms with Crippen molar-refractivity contribution < 1.29 is 9.90 Å². The third kappa shape index (κ3) is 3.44. The van der Waals surface area contributed by atoms with E-state index in [-0.39, 0.29) is 0 Å². The van der Waals surface area contributed by atoms with E-state index in [1.165, 1.54) is 31.0 Å². The normalized spacial score (nSPS) is 22.4.